The topological polar surface area (TPSA) is 81.7 Å². The van der Waals surface area contributed by atoms with Gasteiger partial charge in [0.2, 0.25) is 0 Å². The van der Waals surface area contributed by atoms with Crippen molar-refractivity contribution in [3.63, 3.8) is 0 Å². The number of hydrogen-bond acceptors (Lipinski definition) is 5. The summed E-state index contributed by atoms with van der Waals surface area (Å²) in [6.45, 7) is 2.03. The van der Waals surface area contributed by atoms with Crippen LogP contribution >= 0.6 is 0 Å². The Balaban J connectivity index is 3.20. The molecule has 23 heavy (non-hydrogen) atoms. The summed E-state index contributed by atoms with van der Waals surface area (Å²) >= 11 is 0. The third-order valence-corrected chi connectivity index (χ3v) is 2.87. The summed E-state index contributed by atoms with van der Waals surface area (Å²) in [5, 5.41) is 22.4. The Morgan fingerprint density at radius 2 is 1.91 bits per heavy atom. The zero-order valence-electron chi connectivity index (χ0n) is 13.7. The number of nitro groups is 1. The van der Waals surface area contributed by atoms with Crippen LogP contribution in [0.25, 0.3) is 5.70 Å². The summed E-state index contributed by atoms with van der Waals surface area (Å²) in [6.07, 6.45) is 4.98. The van der Waals surface area contributed by atoms with Crippen LogP contribution < -0.4 is 5.11 Å². The second kappa shape index (κ2) is 8.57. The van der Waals surface area contributed by atoms with Crippen LogP contribution in [-0.4, -0.2) is 48.4 Å². The largest absolute Gasteiger partial charge is 0.613 e. The lowest BCUT2D eigenvalue weighted by atomic mass is 10.1. The van der Waals surface area contributed by atoms with Crippen LogP contribution in [-0.2, 0) is 4.74 Å². The average Bonchev–Trinajstić information content (AvgIpc) is 2.47. The zero-order valence-corrected chi connectivity index (χ0v) is 13.7. The molecule has 0 aromatic heterocycles. The van der Waals surface area contributed by atoms with Crippen LogP contribution in [0, 0.1) is 10.1 Å². The van der Waals surface area contributed by atoms with Gasteiger partial charge in [0, 0.05) is 31.5 Å². The molecular weight excluding hydrogens is 298 g/mol. The van der Waals surface area contributed by atoms with Crippen molar-refractivity contribution in [1.29, 1.82) is 0 Å². The summed E-state index contributed by atoms with van der Waals surface area (Å²) in [7, 11) is 5.46. The second-order valence-corrected chi connectivity index (χ2v) is 4.96. The normalized spacial score (nSPS) is 11.8. The maximum atomic E-state index is 11.6. The predicted octanol–water partition coefficient (Wildman–Crippen LogP) is 1.41. The first-order valence-electron chi connectivity index (χ1n) is 7.06. The van der Waals surface area contributed by atoms with Crippen LogP contribution in [0.4, 0.5) is 5.69 Å². The van der Waals surface area contributed by atoms with Gasteiger partial charge in [0.25, 0.3) is 5.69 Å². The smallest absolute Gasteiger partial charge is 0.269 e. The van der Waals surface area contributed by atoms with E-state index in [9.17, 15) is 15.2 Å². The Morgan fingerprint density at radius 1 is 1.30 bits per heavy atom. The molecule has 1 aromatic carbocycles. The number of hydrogen-bond donors (Lipinski definition) is 0. The van der Waals surface area contributed by atoms with Crippen molar-refractivity contribution in [2.75, 3.05) is 27.7 Å². The lowest BCUT2D eigenvalue weighted by Crippen LogP contribution is -2.17. The Bertz CT molecular complexity index is 629. The van der Waals surface area contributed by atoms with Crippen molar-refractivity contribution in [3.8, 4) is 0 Å². The molecule has 0 heterocycles. The molecule has 1 rings (SSSR count). The highest BCUT2D eigenvalue weighted by Crippen LogP contribution is 2.21. The Morgan fingerprint density at radius 3 is 2.39 bits per heavy atom. The number of allylic oxidation sites excluding steroid dienone is 1. The van der Waals surface area contributed by atoms with E-state index in [0.717, 1.165) is 5.56 Å². The SMILES string of the molecule is CCO/C([O-])=C/N(C)/C(=C\C=[N+](C)C)c1ccc([N+](=O)[O-])cc1. The van der Waals surface area contributed by atoms with E-state index in [-0.39, 0.29) is 5.69 Å². The third kappa shape index (κ3) is 5.82. The lowest BCUT2D eigenvalue weighted by molar-refractivity contribution is -0.458. The number of rotatable bonds is 7. The summed E-state index contributed by atoms with van der Waals surface area (Å²) in [5.74, 6) is -0.451. The van der Waals surface area contributed by atoms with Crippen LogP contribution in [0.3, 0.4) is 0 Å². The maximum Gasteiger partial charge on any atom is 0.269 e. The number of non-ortho nitro benzene ring substituents is 1. The number of ether oxygens (including phenoxy) is 1. The van der Waals surface area contributed by atoms with Gasteiger partial charge in [-0.25, -0.2) is 4.58 Å². The highest BCUT2D eigenvalue weighted by molar-refractivity contribution is 5.81. The minimum Gasteiger partial charge on any atom is -0.613 e. The molecule has 0 fully saturated rings. The summed E-state index contributed by atoms with van der Waals surface area (Å²) in [4.78, 5) is 11.9. The van der Waals surface area contributed by atoms with E-state index in [2.05, 4.69) is 0 Å². The van der Waals surface area contributed by atoms with Crippen molar-refractivity contribution >= 4 is 17.6 Å². The van der Waals surface area contributed by atoms with Crippen LogP contribution in [0.15, 0.2) is 42.5 Å². The van der Waals surface area contributed by atoms with E-state index in [1.165, 1.54) is 18.3 Å². The van der Waals surface area contributed by atoms with Crippen molar-refractivity contribution in [1.82, 2.24) is 4.90 Å². The minimum absolute atomic E-state index is 0.0155. The van der Waals surface area contributed by atoms with Gasteiger partial charge in [0.05, 0.1) is 16.6 Å². The van der Waals surface area contributed by atoms with Gasteiger partial charge in [-0.3, -0.25) is 10.1 Å². The quantitative estimate of drug-likeness (QED) is 0.249. The summed E-state index contributed by atoms with van der Waals surface area (Å²) in [6, 6.07) is 6.14. The fourth-order valence-corrected chi connectivity index (χ4v) is 1.80. The minimum atomic E-state index is -0.451. The van der Waals surface area contributed by atoms with E-state index in [0.29, 0.717) is 12.3 Å². The molecule has 0 spiro atoms. The Kier molecular flexibility index (Phi) is 6.79. The second-order valence-electron chi connectivity index (χ2n) is 4.96. The molecule has 0 bridgehead atoms. The summed E-state index contributed by atoms with van der Waals surface area (Å²) in [5.41, 5.74) is 1.47. The Hall–Kier alpha value is -2.83. The predicted molar refractivity (Wildman–Crippen MR) is 86.7 cm³/mol. The molecule has 1 aromatic rings. The van der Waals surface area contributed by atoms with E-state index in [1.807, 2.05) is 31.0 Å². The van der Waals surface area contributed by atoms with Crippen molar-refractivity contribution < 1.29 is 19.3 Å². The van der Waals surface area contributed by atoms with Crippen molar-refractivity contribution in [2.45, 2.75) is 6.92 Å². The third-order valence-electron chi connectivity index (χ3n) is 2.87. The van der Waals surface area contributed by atoms with E-state index in [4.69, 9.17) is 4.74 Å². The highest BCUT2D eigenvalue weighted by Gasteiger charge is 2.09. The maximum absolute atomic E-state index is 11.6. The molecule has 0 aliphatic heterocycles. The molecule has 0 radical (unpaired) electrons. The van der Waals surface area contributed by atoms with E-state index in [1.54, 1.807) is 31.0 Å². The van der Waals surface area contributed by atoms with E-state index >= 15 is 0 Å². The molecular formula is C16H21N3O4. The van der Waals surface area contributed by atoms with Gasteiger partial charge in [0.1, 0.15) is 14.1 Å². The highest BCUT2D eigenvalue weighted by atomic mass is 16.6. The first-order chi connectivity index (χ1) is 10.8. The molecule has 0 amide bonds. The molecule has 0 saturated carbocycles. The fourth-order valence-electron chi connectivity index (χ4n) is 1.80. The molecule has 7 nitrogen and oxygen atoms in total. The van der Waals surface area contributed by atoms with Gasteiger partial charge in [-0.1, -0.05) is 6.92 Å². The molecule has 0 unspecified atom stereocenters. The van der Waals surface area contributed by atoms with Crippen LogP contribution in [0.1, 0.15) is 12.5 Å². The average molecular weight is 319 g/mol. The molecule has 0 saturated heterocycles. The van der Waals surface area contributed by atoms with Crippen molar-refractivity contribution in [2.24, 2.45) is 0 Å². The number of nitro benzene ring substituents is 1. The monoisotopic (exact) mass is 319 g/mol. The standard InChI is InChI=1S/C16H21N3O4/c1-5-23-16(20)12-18(4)15(10-11-17(2)3)13-6-8-14(9-7-13)19(21)22/h6-12H,5H2,1-4H3/b16-12+. The first-order valence-corrected chi connectivity index (χ1v) is 7.06. The fraction of sp³-hybridized carbons (Fsp3) is 0.312. The van der Waals surface area contributed by atoms with Crippen LogP contribution in [0.2, 0.25) is 0 Å². The first kappa shape index (κ1) is 18.2. The molecule has 0 aliphatic carbocycles. The zero-order chi connectivity index (χ0) is 17.4. The summed E-state index contributed by atoms with van der Waals surface area (Å²) < 4.78 is 6.75. The number of nitrogens with zero attached hydrogens (tertiary/aromatic N) is 3. The van der Waals surface area contributed by atoms with Gasteiger partial charge < -0.3 is 14.7 Å². The lowest BCUT2D eigenvalue weighted by Gasteiger charge is -2.22. The Labute approximate surface area is 135 Å². The van der Waals surface area contributed by atoms with Gasteiger partial charge in [-0.15, -0.1) is 0 Å². The molecule has 0 atom stereocenters. The molecule has 7 heteroatoms. The van der Waals surface area contributed by atoms with E-state index < -0.39 is 10.9 Å². The molecule has 124 valence electrons. The van der Waals surface area contributed by atoms with Gasteiger partial charge >= 0.3 is 0 Å². The van der Waals surface area contributed by atoms with Gasteiger partial charge in [0.15, 0.2) is 6.21 Å². The molecule has 0 aliphatic rings. The van der Waals surface area contributed by atoms with Gasteiger partial charge in [-0.2, -0.15) is 0 Å². The van der Waals surface area contributed by atoms with Crippen molar-refractivity contribution in [3.05, 3.63) is 58.2 Å². The molecule has 0 N–H and O–H groups in total. The van der Waals surface area contributed by atoms with Gasteiger partial charge in [-0.05, 0) is 24.3 Å². The number of benzene rings is 1. The van der Waals surface area contributed by atoms with Crippen LogP contribution in [0.5, 0.6) is 0 Å².